The molecule has 0 unspecified atom stereocenters. The molecule has 2 aromatic rings. The van der Waals surface area contributed by atoms with Gasteiger partial charge < -0.3 is 10.1 Å². The summed E-state index contributed by atoms with van der Waals surface area (Å²) in [5, 5.41) is 6.53. The highest BCUT2D eigenvalue weighted by molar-refractivity contribution is 5.92. The number of halogens is 2. The molecule has 3 rings (SSSR count). The molecule has 1 aliphatic heterocycles. The number of hydrogen-bond acceptors (Lipinski definition) is 4. The number of hydrogen-bond donors (Lipinski definition) is 1. The summed E-state index contributed by atoms with van der Waals surface area (Å²) in [5.41, 5.74) is 0.818. The van der Waals surface area contributed by atoms with Crippen molar-refractivity contribution < 1.29 is 18.3 Å². The highest BCUT2D eigenvalue weighted by Gasteiger charge is 2.31. The molecule has 3 heterocycles. The molecule has 0 radical (unpaired) electrons. The third-order valence-corrected chi connectivity index (χ3v) is 4.12. The van der Waals surface area contributed by atoms with E-state index in [4.69, 9.17) is 4.74 Å². The molecule has 1 N–H and O–H groups in total. The number of nitrogens with zero attached hydrogens (tertiary/aromatic N) is 3. The molecule has 0 aromatic carbocycles. The zero-order valence-electron chi connectivity index (χ0n) is 13.2. The summed E-state index contributed by atoms with van der Waals surface area (Å²) < 4.78 is 32.1. The molecule has 24 heavy (non-hydrogen) atoms. The highest BCUT2D eigenvalue weighted by Crippen LogP contribution is 2.21. The standard InChI is InChI=1S/C16H18F2N4O2/c1-22-14(7-12(21-22)15(17)18)16(23)20-13-9-24-8-11(13)6-10-2-4-19-5-3-10/h2-5,7,11,13,15H,6,8-9H2,1H3,(H,20,23)/t11-,13-/m1/s1. The van der Waals surface area contributed by atoms with Gasteiger partial charge in [-0.25, -0.2) is 8.78 Å². The first kappa shape index (κ1) is 16.5. The van der Waals surface area contributed by atoms with Gasteiger partial charge in [0.1, 0.15) is 11.4 Å². The van der Waals surface area contributed by atoms with Gasteiger partial charge in [-0.2, -0.15) is 5.10 Å². The Hall–Kier alpha value is -2.35. The Morgan fingerprint density at radius 3 is 2.83 bits per heavy atom. The summed E-state index contributed by atoms with van der Waals surface area (Å²) in [7, 11) is 1.47. The van der Waals surface area contributed by atoms with Crippen molar-refractivity contribution in [1.82, 2.24) is 20.1 Å². The van der Waals surface area contributed by atoms with Crippen molar-refractivity contribution >= 4 is 5.91 Å². The van der Waals surface area contributed by atoms with E-state index in [9.17, 15) is 13.6 Å². The van der Waals surface area contributed by atoms with Gasteiger partial charge in [0.25, 0.3) is 12.3 Å². The maximum absolute atomic E-state index is 12.7. The van der Waals surface area contributed by atoms with Crippen LogP contribution in [0.3, 0.4) is 0 Å². The van der Waals surface area contributed by atoms with Crippen LogP contribution in [-0.2, 0) is 18.2 Å². The summed E-state index contributed by atoms with van der Waals surface area (Å²) in [6.07, 6.45) is 1.49. The van der Waals surface area contributed by atoms with Gasteiger partial charge in [-0.1, -0.05) is 0 Å². The third-order valence-electron chi connectivity index (χ3n) is 4.12. The van der Waals surface area contributed by atoms with E-state index in [2.05, 4.69) is 15.4 Å². The van der Waals surface area contributed by atoms with Crippen LogP contribution in [0.4, 0.5) is 8.78 Å². The lowest BCUT2D eigenvalue weighted by atomic mass is 9.95. The largest absolute Gasteiger partial charge is 0.379 e. The lowest BCUT2D eigenvalue weighted by molar-refractivity contribution is 0.0915. The Kier molecular flexibility index (Phi) is 4.84. The molecule has 0 spiro atoms. The van der Waals surface area contributed by atoms with Gasteiger partial charge in [0.15, 0.2) is 0 Å². The van der Waals surface area contributed by atoms with Gasteiger partial charge >= 0.3 is 0 Å². The fraction of sp³-hybridized carbons (Fsp3) is 0.438. The first-order valence-electron chi connectivity index (χ1n) is 7.64. The molecule has 1 aliphatic rings. The lowest BCUT2D eigenvalue weighted by Crippen LogP contribution is -2.41. The van der Waals surface area contributed by atoms with Crippen LogP contribution in [0.5, 0.6) is 0 Å². The monoisotopic (exact) mass is 336 g/mol. The zero-order chi connectivity index (χ0) is 17.1. The Labute approximate surface area is 137 Å². The summed E-state index contributed by atoms with van der Waals surface area (Å²) in [6, 6.07) is 4.80. The first-order valence-corrected chi connectivity index (χ1v) is 7.64. The molecular formula is C16H18F2N4O2. The van der Waals surface area contributed by atoms with E-state index in [0.29, 0.717) is 13.2 Å². The van der Waals surface area contributed by atoms with E-state index >= 15 is 0 Å². The zero-order valence-corrected chi connectivity index (χ0v) is 13.2. The van der Waals surface area contributed by atoms with E-state index in [1.807, 2.05) is 12.1 Å². The molecule has 8 heteroatoms. The number of amides is 1. The Morgan fingerprint density at radius 1 is 1.42 bits per heavy atom. The van der Waals surface area contributed by atoms with Crippen LogP contribution in [0.25, 0.3) is 0 Å². The number of alkyl halides is 2. The Morgan fingerprint density at radius 2 is 2.17 bits per heavy atom. The van der Waals surface area contributed by atoms with Gasteiger partial charge in [0.2, 0.25) is 0 Å². The minimum absolute atomic E-state index is 0.111. The van der Waals surface area contributed by atoms with Gasteiger partial charge in [-0.15, -0.1) is 0 Å². The van der Waals surface area contributed by atoms with E-state index in [1.165, 1.54) is 11.7 Å². The maximum atomic E-state index is 12.7. The van der Waals surface area contributed by atoms with E-state index < -0.39 is 18.0 Å². The van der Waals surface area contributed by atoms with E-state index in [-0.39, 0.29) is 17.7 Å². The second-order valence-corrected chi connectivity index (χ2v) is 5.82. The molecule has 0 aliphatic carbocycles. The molecule has 128 valence electrons. The number of aryl methyl sites for hydroxylation is 1. The van der Waals surface area contributed by atoms with Crippen LogP contribution >= 0.6 is 0 Å². The Bertz CT molecular complexity index is 705. The van der Waals surface area contributed by atoms with Crippen molar-refractivity contribution in [3.05, 3.63) is 47.5 Å². The van der Waals surface area contributed by atoms with Crippen molar-refractivity contribution in [2.45, 2.75) is 18.9 Å². The molecule has 1 fully saturated rings. The minimum Gasteiger partial charge on any atom is -0.379 e. The molecular weight excluding hydrogens is 318 g/mol. The smallest absolute Gasteiger partial charge is 0.282 e. The van der Waals surface area contributed by atoms with Gasteiger partial charge in [-0.3, -0.25) is 14.5 Å². The summed E-state index contributed by atoms with van der Waals surface area (Å²) in [6.45, 7) is 0.946. The number of carbonyl (C=O) groups excluding carboxylic acids is 1. The van der Waals surface area contributed by atoms with Gasteiger partial charge in [0.05, 0.1) is 19.3 Å². The molecule has 0 bridgehead atoms. The van der Waals surface area contributed by atoms with Gasteiger partial charge in [0, 0.05) is 25.4 Å². The Balaban J connectivity index is 1.67. The van der Waals surface area contributed by atoms with Crippen LogP contribution in [0.15, 0.2) is 30.6 Å². The number of nitrogens with one attached hydrogen (secondary N) is 1. The molecule has 1 amide bonds. The van der Waals surface area contributed by atoms with Crippen LogP contribution in [0.2, 0.25) is 0 Å². The second-order valence-electron chi connectivity index (χ2n) is 5.82. The van der Waals surface area contributed by atoms with Crippen molar-refractivity contribution in [3.8, 4) is 0 Å². The number of ether oxygens (including phenoxy) is 1. The van der Waals surface area contributed by atoms with Crippen LogP contribution in [0, 0.1) is 5.92 Å². The van der Waals surface area contributed by atoms with Crippen LogP contribution < -0.4 is 5.32 Å². The summed E-state index contributed by atoms with van der Waals surface area (Å²) in [5.74, 6) is -0.300. The highest BCUT2D eigenvalue weighted by atomic mass is 19.3. The number of pyridine rings is 1. The topological polar surface area (TPSA) is 69.0 Å². The van der Waals surface area contributed by atoms with Crippen molar-refractivity contribution in [3.63, 3.8) is 0 Å². The molecule has 6 nitrogen and oxygen atoms in total. The number of carbonyl (C=O) groups is 1. The molecule has 2 aromatic heterocycles. The summed E-state index contributed by atoms with van der Waals surface area (Å²) >= 11 is 0. The molecule has 2 atom stereocenters. The van der Waals surface area contributed by atoms with Crippen LogP contribution in [0.1, 0.15) is 28.2 Å². The van der Waals surface area contributed by atoms with E-state index in [1.54, 1.807) is 12.4 Å². The normalized spacial score (nSPS) is 20.5. The predicted molar refractivity (Wildman–Crippen MR) is 81.7 cm³/mol. The van der Waals surface area contributed by atoms with E-state index in [0.717, 1.165) is 18.1 Å². The molecule has 1 saturated heterocycles. The summed E-state index contributed by atoms with van der Waals surface area (Å²) in [4.78, 5) is 16.4. The SMILES string of the molecule is Cn1nc(C(F)F)cc1C(=O)N[C@@H]1COC[C@H]1Cc1ccncc1. The van der Waals surface area contributed by atoms with Crippen molar-refractivity contribution in [2.75, 3.05) is 13.2 Å². The third kappa shape index (κ3) is 3.59. The average molecular weight is 336 g/mol. The number of rotatable bonds is 5. The predicted octanol–water partition coefficient (Wildman–Crippen LogP) is 1.74. The fourth-order valence-electron chi connectivity index (χ4n) is 2.83. The second kappa shape index (κ2) is 7.04. The fourth-order valence-corrected chi connectivity index (χ4v) is 2.83. The number of aromatic nitrogens is 3. The first-order chi connectivity index (χ1) is 11.5. The average Bonchev–Trinajstić information content (AvgIpc) is 3.15. The lowest BCUT2D eigenvalue weighted by Gasteiger charge is -2.19. The van der Waals surface area contributed by atoms with Crippen LogP contribution in [-0.4, -0.2) is 39.9 Å². The van der Waals surface area contributed by atoms with Gasteiger partial charge in [-0.05, 0) is 30.2 Å². The minimum atomic E-state index is -2.70. The van der Waals surface area contributed by atoms with Crippen molar-refractivity contribution in [2.24, 2.45) is 13.0 Å². The maximum Gasteiger partial charge on any atom is 0.282 e. The quantitative estimate of drug-likeness (QED) is 0.903. The molecule has 0 saturated carbocycles. The van der Waals surface area contributed by atoms with Crippen molar-refractivity contribution in [1.29, 1.82) is 0 Å².